The van der Waals surface area contributed by atoms with Crippen LogP contribution in [0.3, 0.4) is 0 Å². The number of hydrogen-bond acceptors (Lipinski definition) is 4. The molecule has 2 heterocycles. The van der Waals surface area contributed by atoms with Gasteiger partial charge in [0.25, 0.3) is 0 Å². The van der Waals surface area contributed by atoms with Gasteiger partial charge in [0.2, 0.25) is 5.89 Å². The van der Waals surface area contributed by atoms with Crippen LogP contribution in [-0.2, 0) is 6.54 Å². The third kappa shape index (κ3) is 4.02. The van der Waals surface area contributed by atoms with Gasteiger partial charge in [0, 0.05) is 49.0 Å². The van der Waals surface area contributed by atoms with Crippen LogP contribution in [0.5, 0.6) is 0 Å². The zero-order chi connectivity index (χ0) is 18.8. The van der Waals surface area contributed by atoms with Gasteiger partial charge in [-0.3, -0.25) is 4.90 Å². The lowest BCUT2D eigenvalue weighted by Gasteiger charge is -2.36. The van der Waals surface area contributed by atoms with Crippen molar-refractivity contribution in [3.05, 3.63) is 70.6 Å². The standard InChI is InChI=1S/C22H24ClN3O/c1-16-5-3-4-6-21(16)26-13-11-25(12-14-26)15-20-17(2)27-22(24-20)18-7-9-19(23)10-8-18/h3-10H,11-15H2,1-2H3. The minimum absolute atomic E-state index is 0.665. The summed E-state index contributed by atoms with van der Waals surface area (Å²) in [5.74, 6) is 1.55. The number of aromatic nitrogens is 1. The monoisotopic (exact) mass is 381 g/mol. The van der Waals surface area contributed by atoms with E-state index in [1.165, 1.54) is 11.3 Å². The summed E-state index contributed by atoms with van der Waals surface area (Å²) in [6.45, 7) is 9.11. The predicted octanol–water partition coefficient (Wildman–Crippen LogP) is 4.93. The number of hydrogen-bond donors (Lipinski definition) is 0. The van der Waals surface area contributed by atoms with Crippen molar-refractivity contribution >= 4 is 17.3 Å². The van der Waals surface area contributed by atoms with Gasteiger partial charge in [0.05, 0.1) is 5.69 Å². The summed E-state index contributed by atoms with van der Waals surface area (Å²) in [5.41, 5.74) is 4.66. The van der Waals surface area contributed by atoms with Gasteiger partial charge in [-0.25, -0.2) is 4.98 Å². The van der Waals surface area contributed by atoms with E-state index in [9.17, 15) is 0 Å². The SMILES string of the molecule is Cc1ccccc1N1CCN(Cc2nc(-c3ccc(Cl)cc3)oc2C)CC1. The lowest BCUT2D eigenvalue weighted by Crippen LogP contribution is -2.46. The molecule has 0 unspecified atom stereocenters. The van der Waals surface area contributed by atoms with E-state index in [1.807, 2.05) is 31.2 Å². The maximum Gasteiger partial charge on any atom is 0.226 e. The number of benzene rings is 2. The molecular formula is C22H24ClN3O. The molecule has 1 aromatic heterocycles. The Labute approximate surface area is 165 Å². The van der Waals surface area contributed by atoms with Crippen molar-refractivity contribution in [1.29, 1.82) is 0 Å². The molecule has 140 valence electrons. The Bertz CT molecular complexity index is 912. The number of halogens is 1. The fraction of sp³-hybridized carbons (Fsp3) is 0.318. The second-order valence-corrected chi connectivity index (χ2v) is 7.51. The molecule has 0 N–H and O–H groups in total. The molecule has 0 spiro atoms. The van der Waals surface area contributed by atoms with E-state index in [4.69, 9.17) is 21.0 Å². The number of para-hydroxylation sites is 1. The highest BCUT2D eigenvalue weighted by Gasteiger charge is 2.21. The summed E-state index contributed by atoms with van der Waals surface area (Å²) in [6, 6.07) is 16.2. The summed E-state index contributed by atoms with van der Waals surface area (Å²) in [6.07, 6.45) is 0. The summed E-state index contributed by atoms with van der Waals surface area (Å²) >= 11 is 5.97. The predicted molar refractivity (Wildman–Crippen MR) is 110 cm³/mol. The third-order valence-electron chi connectivity index (χ3n) is 5.19. The Hall–Kier alpha value is -2.30. The van der Waals surface area contributed by atoms with Crippen LogP contribution in [-0.4, -0.2) is 36.1 Å². The normalized spacial score (nSPS) is 15.3. The molecule has 1 aliphatic rings. The van der Waals surface area contributed by atoms with Gasteiger partial charge in [-0.1, -0.05) is 29.8 Å². The van der Waals surface area contributed by atoms with Gasteiger partial charge in [-0.05, 0) is 49.7 Å². The van der Waals surface area contributed by atoms with Crippen molar-refractivity contribution in [2.75, 3.05) is 31.1 Å². The summed E-state index contributed by atoms with van der Waals surface area (Å²) < 4.78 is 5.90. The lowest BCUT2D eigenvalue weighted by molar-refractivity contribution is 0.246. The topological polar surface area (TPSA) is 32.5 Å². The number of rotatable bonds is 4. The number of oxazole rings is 1. The van der Waals surface area contributed by atoms with Crippen molar-refractivity contribution in [3.63, 3.8) is 0 Å². The largest absolute Gasteiger partial charge is 0.441 e. The third-order valence-corrected chi connectivity index (χ3v) is 5.44. The Kier molecular flexibility index (Phi) is 5.19. The second kappa shape index (κ2) is 7.75. The van der Waals surface area contributed by atoms with E-state index >= 15 is 0 Å². The molecule has 1 aliphatic heterocycles. The molecular weight excluding hydrogens is 358 g/mol. The molecule has 5 heteroatoms. The van der Waals surface area contributed by atoms with Gasteiger partial charge >= 0.3 is 0 Å². The molecule has 1 saturated heterocycles. The minimum atomic E-state index is 0.665. The number of aryl methyl sites for hydroxylation is 2. The summed E-state index contributed by atoms with van der Waals surface area (Å²) in [4.78, 5) is 9.65. The molecule has 0 radical (unpaired) electrons. The van der Waals surface area contributed by atoms with Crippen LogP contribution >= 0.6 is 11.6 Å². The second-order valence-electron chi connectivity index (χ2n) is 7.08. The first kappa shape index (κ1) is 18.1. The van der Waals surface area contributed by atoms with Gasteiger partial charge in [-0.15, -0.1) is 0 Å². The Morgan fingerprint density at radius 3 is 2.37 bits per heavy atom. The molecule has 1 fully saturated rings. The van der Waals surface area contributed by atoms with Crippen LogP contribution in [0.25, 0.3) is 11.5 Å². The molecule has 3 aromatic rings. The summed E-state index contributed by atoms with van der Waals surface area (Å²) in [7, 11) is 0. The number of nitrogens with zero attached hydrogens (tertiary/aromatic N) is 3. The van der Waals surface area contributed by atoms with Crippen LogP contribution in [0.15, 0.2) is 52.9 Å². The van der Waals surface area contributed by atoms with Crippen molar-refractivity contribution in [2.24, 2.45) is 0 Å². The first-order valence-corrected chi connectivity index (χ1v) is 9.73. The fourth-order valence-electron chi connectivity index (χ4n) is 3.57. The number of piperazine rings is 1. The van der Waals surface area contributed by atoms with Crippen molar-refractivity contribution in [1.82, 2.24) is 9.88 Å². The quantitative estimate of drug-likeness (QED) is 0.641. The van der Waals surface area contributed by atoms with Gasteiger partial charge in [-0.2, -0.15) is 0 Å². The summed E-state index contributed by atoms with van der Waals surface area (Å²) in [5, 5.41) is 0.716. The van der Waals surface area contributed by atoms with Crippen LogP contribution in [0.4, 0.5) is 5.69 Å². The highest BCUT2D eigenvalue weighted by molar-refractivity contribution is 6.30. The Morgan fingerprint density at radius 2 is 1.67 bits per heavy atom. The smallest absolute Gasteiger partial charge is 0.226 e. The fourth-order valence-corrected chi connectivity index (χ4v) is 3.69. The molecule has 0 saturated carbocycles. The van der Waals surface area contributed by atoms with E-state index in [2.05, 4.69) is 41.0 Å². The van der Waals surface area contributed by atoms with E-state index < -0.39 is 0 Å². The molecule has 27 heavy (non-hydrogen) atoms. The van der Waals surface area contributed by atoms with Gasteiger partial charge < -0.3 is 9.32 Å². The van der Waals surface area contributed by atoms with Gasteiger partial charge in [0.15, 0.2) is 0 Å². The minimum Gasteiger partial charge on any atom is -0.441 e. The number of anilines is 1. The molecule has 0 amide bonds. The Balaban J connectivity index is 1.41. The van der Waals surface area contributed by atoms with Crippen molar-refractivity contribution in [2.45, 2.75) is 20.4 Å². The zero-order valence-corrected chi connectivity index (χ0v) is 16.5. The van der Waals surface area contributed by atoms with Crippen LogP contribution in [0, 0.1) is 13.8 Å². The maximum atomic E-state index is 5.97. The van der Waals surface area contributed by atoms with Crippen molar-refractivity contribution in [3.8, 4) is 11.5 Å². The van der Waals surface area contributed by atoms with Crippen LogP contribution < -0.4 is 4.90 Å². The van der Waals surface area contributed by atoms with E-state index in [-0.39, 0.29) is 0 Å². The first-order valence-electron chi connectivity index (χ1n) is 9.35. The van der Waals surface area contributed by atoms with E-state index in [1.54, 1.807) is 0 Å². The average Bonchev–Trinajstić information content (AvgIpc) is 3.04. The maximum absolute atomic E-state index is 5.97. The van der Waals surface area contributed by atoms with Crippen molar-refractivity contribution < 1.29 is 4.42 Å². The zero-order valence-electron chi connectivity index (χ0n) is 15.8. The molecule has 4 nitrogen and oxygen atoms in total. The molecule has 0 bridgehead atoms. The molecule has 4 rings (SSSR count). The lowest BCUT2D eigenvalue weighted by atomic mass is 10.1. The van der Waals surface area contributed by atoms with E-state index in [0.717, 1.165) is 49.7 Å². The molecule has 0 aliphatic carbocycles. The Morgan fingerprint density at radius 1 is 0.963 bits per heavy atom. The molecule has 0 atom stereocenters. The first-order chi connectivity index (χ1) is 13.1. The van der Waals surface area contributed by atoms with E-state index in [0.29, 0.717) is 10.9 Å². The van der Waals surface area contributed by atoms with Gasteiger partial charge in [0.1, 0.15) is 5.76 Å². The molecule has 2 aromatic carbocycles. The van der Waals surface area contributed by atoms with Crippen LogP contribution in [0.2, 0.25) is 5.02 Å². The highest BCUT2D eigenvalue weighted by Crippen LogP contribution is 2.25. The highest BCUT2D eigenvalue weighted by atomic mass is 35.5. The average molecular weight is 382 g/mol. The van der Waals surface area contributed by atoms with Crippen LogP contribution in [0.1, 0.15) is 17.0 Å².